The summed E-state index contributed by atoms with van der Waals surface area (Å²) in [6, 6.07) is 15.0. The van der Waals surface area contributed by atoms with Crippen LogP contribution in [0.5, 0.6) is 11.5 Å². The van der Waals surface area contributed by atoms with Crippen LogP contribution in [0.15, 0.2) is 48.5 Å². The number of carbonyl (C=O) groups is 2. The predicted octanol–water partition coefficient (Wildman–Crippen LogP) is 4.73. The van der Waals surface area contributed by atoms with Crippen molar-refractivity contribution in [3.05, 3.63) is 54.1 Å². The van der Waals surface area contributed by atoms with Crippen molar-refractivity contribution in [1.82, 2.24) is 0 Å². The highest BCUT2D eigenvalue weighted by atomic mass is 16.5. The normalized spacial score (nSPS) is 16.8. The molecular formula is C24H29NO4. The molecule has 3 rings (SSSR count). The highest BCUT2D eigenvalue weighted by molar-refractivity contribution is 6.00. The second-order valence-corrected chi connectivity index (χ2v) is 7.99. The lowest BCUT2D eigenvalue weighted by Crippen LogP contribution is -2.27. The SMILES string of the molecule is CCOc1ccccc1N1C[C@@H](C(=O)Oc2ccc(C(C)(C)CC)cc2)CC1=O. The van der Waals surface area contributed by atoms with Crippen molar-refractivity contribution in [2.75, 3.05) is 18.1 Å². The van der Waals surface area contributed by atoms with E-state index in [2.05, 4.69) is 20.8 Å². The summed E-state index contributed by atoms with van der Waals surface area (Å²) in [4.78, 5) is 26.8. The van der Waals surface area contributed by atoms with Gasteiger partial charge in [0.25, 0.3) is 0 Å². The van der Waals surface area contributed by atoms with E-state index in [0.717, 1.165) is 6.42 Å². The molecule has 1 fully saturated rings. The lowest BCUT2D eigenvalue weighted by atomic mass is 9.82. The number of rotatable bonds is 7. The van der Waals surface area contributed by atoms with Gasteiger partial charge in [-0.15, -0.1) is 0 Å². The van der Waals surface area contributed by atoms with Crippen molar-refractivity contribution in [3.63, 3.8) is 0 Å². The van der Waals surface area contributed by atoms with E-state index in [4.69, 9.17) is 9.47 Å². The van der Waals surface area contributed by atoms with Crippen molar-refractivity contribution < 1.29 is 19.1 Å². The van der Waals surface area contributed by atoms with Gasteiger partial charge >= 0.3 is 5.97 Å². The van der Waals surface area contributed by atoms with Crippen molar-refractivity contribution >= 4 is 17.6 Å². The van der Waals surface area contributed by atoms with Gasteiger partial charge in [-0.25, -0.2) is 0 Å². The summed E-state index contributed by atoms with van der Waals surface area (Å²) in [7, 11) is 0. The smallest absolute Gasteiger partial charge is 0.316 e. The summed E-state index contributed by atoms with van der Waals surface area (Å²) in [6.07, 6.45) is 1.16. The maximum atomic E-state index is 12.7. The Hall–Kier alpha value is -2.82. The Balaban J connectivity index is 1.68. The number of anilines is 1. The molecule has 0 spiro atoms. The average Bonchev–Trinajstić information content (AvgIpc) is 3.11. The summed E-state index contributed by atoms with van der Waals surface area (Å²) in [5.41, 5.74) is 1.98. The minimum Gasteiger partial charge on any atom is -0.492 e. The Morgan fingerprint density at radius 1 is 1.10 bits per heavy atom. The molecule has 0 aromatic heterocycles. The molecule has 2 aromatic carbocycles. The van der Waals surface area contributed by atoms with Crippen molar-refractivity contribution in [2.45, 2.75) is 46.0 Å². The van der Waals surface area contributed by atoms with E-state index < -0.39 is 5.92 Å². The Bertz CT molecular complexity index is 873. The fourth-order valence-electron chi connectivity index (χ4n) is 3.43. The van der Waals surface area contributed by atoms with E-state index in [1.807, 2.05) is 55.5 Å². The van der Waals surface area contributed by atoms with Crippen molar-refractivity contribution in [2.24, 2.45) is 5.92 Å². The lowest BCUT2D eigenvalue weighted by Gasteiger charge is -2.23. The summed E-state index contributed by atoms with van der Waals surface area (Å²) in [5, 5.41) is 0. The van der Waals surface area contributed by atoms with Crippen LogP contribution < -0.4 is 14.4 Å². The van der Waals surface area contributed by atoms with E-state index in [1.165, 1.54) is 5.56 Å². The Kier molecular flexibility index (Phi) is 6.26. The topological polar surface area (TPSA) is 55.8 Å². The van der Waals surface area contributed by atoms with Gasteiger partial charge < -0.3 is 14.4 Å². The fraction of sp³-hybridized carbons (Fsp3) is 0.417. The van der Waals surface area contributed by atoms with Crippen molar-refractivity contribution in [1.29, 1.82) is 0 Å². The molecule has 0 N–H and O–H groups in total. The van der Waals surface area contributed by atoms with Gasteiger partial charge in [-0.3, -0.25) is 9.59 Å². The number of ether oxygens (including phenoxy) is 2. The van der Waals surface area contributed by atoms with E-state index in [1.54, 1.807) is 4.90 Å². The van der Waals surface area contributed by atoms with E-state index in [-0.39, 0.29) is 23.7 Å². The monoisotopic (exact) mass is 395 g/mol. The number of hydrogen-bond donors (Lipinski definition) is 0. The fourth-order valence-corrected chi connectivity index (χ4v) is 3.43. The molecule has 1 heterocycles. The number of benzene rings is 2. The third kappa shape index (κ3) is 4.61. The quantitative estimate of drug-likeness (QED) is 0.502. The second-order valence-electron chi connectivity index (χ2n) is 7.99. The molecule has 1 aliphatic heterocycles. The van der Waals surface area contributed by atoms with Crippen LogP contribution >= 0.6 is 0 Å². The molecule has 2 aromatic rings. The molecule has 0 radical (unpaired) electrons. The first-order chi connectivity index (χ1) is 13.9. The molecule has 5 heteroatoms. The minimum atomic E-state index is -0.496. The van der Waals surface area contributed by atoms with E-state index >= 15 is 0 Å². The maximum Gasteiger partial charge on any atom is 0.316 e. The van der Waals surface area contributed by atoms with Gasteiger partial charge in [0.2, 0.25) is 5.91 Å². The van der Waals surface area contributed by atoms with Crippen LogP contribution in [0.25, 0.3) is 0 Å². The molecule has 0 unspecified atom stereocenters. The van der Waals surface area contributed by atoms with Crippen molar-refractivity contribution in [3.8, 4) is 11.5 Å². The van der Waals surface area contributed by atoms with Crippen LogP contribution in [-0.4, -0.2) is 25.0 Å². The van der Waals surface area contributed by atoms with Crippen LogP contribution in [0.1, 0.15) is 46.1 Å². The number of carbonyl (C=O) groups excluding carboxylic acids is 2. The number of hydrogen-bond acceptors (Lipinski definition) is 4. The van der Waals surface area contributed by atoms with Crippen LogP contribution in [0.2, 0.25) is 0 Å². The first kappa shape index (κ1) is 20.9. The molecule has 0 bridgehead atoms. The van der Waals surface area contributed by atoms with Gasteiger partial charge in [0.1, 0.15) is 11.5 Å². The highest BCUT2D eigenvalue weighted by Crippen LogP contribution is 2.34. The molecule has 154 valence electrons. The van der Waals surface area contributed by atoms with Crippen LogP contribution in [0.4, 0.5) is 5.69 Å². The summed E-state index contributed by atoms with van der Waals surface area (Å²) >= 11 is 0. The Morgan fingerprint density at radius 2 is 1.79 bits per heavy atom. The maximum absolute atomic E-state index is 12.7. The third-order valence-electron chi connectivity index (χ3n) is 5.65. The van der Waals surface area contributed by atoms with Gasteiger partial charge in [0, 0.05) is 13.0 Å². The van der Waals surface area contributed by atoms with Crippen LogP contribution in [0, 0.1) is 5.92 Å². The average molecular weight is 395 g/mol. The van der Waals surface area contributed by atoms with E-state index in [9.17, 15) is 9.59 Å². The molecule has 1 amide bonds. The number of amides is 1. The van der Waals surface area contributed by atoms with Gasteiger partial charge in [-0.2, -0.15) is 0 Å². The van der Waals surface area contributed by atoms with Gasteiger partial charge in [-0.05, 0) is 48.6 Å². The van der Waals surface area contributed by atoms with Crippen LogP contribution in [0.3, 0.4) is 0 Å². The minimum absolute atomic E-state index is 0.0782. The summed E-state index contributed by atoms with van der Waals surface area (Å²) in [5.74, 6) is 0.179. The largest absolute Gasteiger partial charge is 0.492 e. The zero-order valence-corrected chi connectivity index (χ0v) is 17.6. The zero-order chi connectivity index (χ0) is 21.0. The highest BCUT2D eigenvalue weighted by Gasteiger charge is 2.37. The molecule has 0 saturated carbocycles. The standard InChI is InChI=1S/C24H29NO4/c1-5-24(3,4)18-11-13-19(14-12-18)29-23(27)17-15-22(26)25(16-17)20-9-7-8-10-21(20)28-6-2/h7-14,17H,5-6,15-16H2,1-4H3/t17-/m0/s1. The molecule has 29 heavy (non-hydrogen) atoms. The number of esters is 1. The molecule has 0 aliphatic carbocycles. The molecule has 5 nitrogen and oxygen atoms in total. The Labute approximate surface area is 172 Å². The first-order valence-corrected chi connectivity index (χ1v) is 10.2. The predicted molar refractivity (Wildman–Crippen MR) is 113 cm³/mol. The van der Waals surface area contributed by atoms with Crippen LogP contribution in [-0.2, 0) is 15.0 Å². The first-order valence-electron chi connectivity index (χ1n) is 10.2. The summed E-state index contributed by atoms with van der Waals surface area (Å²) < 4.78 is 11.2. The van der Waals surface area contributed by atoms with Gasteiger partial charge in [0.15, 0.2) is 0 Å². The molecule has 1 aliphatic rings. The number of para-hydroxylation sites is 2. The van der Waals surface area contributed by atoms with E-state index in [0.29, 0.717) is 30.3 Å². The molecule has 1 saturated heterocycles. The van der Waals surface area contributed by atoms with Gasteiger partial charge in [-0.1, -0.05) is 45.0 Å². The molecular weight excluding hydrogens is 366 g/mol. The summed E-state index contributed by atoms with van der Waals surface area (Å²) in [6.45, 7) is 9.23. The Morgan fingerprint density at radius 3 is 2.45 bits per heavy atom. The zero-order valence-electron chi connectivity index (χ0n) is 17.6. The van der Waals surface area contributed by atoms with Gasteiger partial charge in [0.05, 0.1) is 18.2 Å². The number of nitrogens with zero attached hydrogens (tertiary/aromatic N) is 1. The second kappa shape index (κ2) is 8.68. The molecule has 1 atom stereocenters. The third-order valence-corrected chi connectivity index (χ3v) is 5.65. The lowest BCUT2D eigenvalue weighted by molar-refractivity contribution is -0.139.